The van der Waals surface area contributed by atoms with Crippen molar-refractivity contribution < 1.29 is 22.7 Å². The number of hydrogen-bond donors (Lipinski definition) is 1. The Morgan fingerprint density at radius 1 is 1.09 bits per heavy atom. The van der Waals surface area contributed by atoms with Crippen LogP contribution in [0.1, 0.15) is 24.1 Å². The molecule has 1 aliphatic rings. The minimum absolute atomic E-state index is 0.0295. The summed E-state index contributed by atoms with van der Waals surface area (Å²) in [5.74, 6) is -0.0530. The van der Waals surface area contributed by atoms with Gasteiger partial charge in [0.1, 0.15) is 5.75 Å². The van der Waals surface area contributed by atoms with Gasteiger partial charge in [-0.05, 0) is 31.9 Å². The number of para-hydroxylation sites is 2. The van der Waals surface area contributed by atoms with E-state index in [0.717, 1.165) is 16.6 Å². The minimum atomic E-state index is -4.78. The SMILES string of the molecule is Cc1nc(N2CCC(C(=O)NCc3ccccc3OC(F)(F)F)CC2)nc2ccccc12. The number of nitrogens with one attached hydrogen (secondary N) is 1. The van der Waals surface area contributed by atoms with Gasteiger partial charge in [0.15, 0.2) is 0 Å². The molecular weight excluding hydrogens is 421 g/mol. The van der Waals surface area contributed by atoms with Crippen LogP contribution in [0.5, 0.6) is 5.75 Å². The molecule has 1 aromatic heterocycles. The van der Waals surface area contributed by atoms with Gasteiger partial charge in [-0.2, -0.15) is 0 Å². The molecule has 0 spiro atoms. The van der Waals surface area contributed by atoms with Crippen molar-refractivity contribution in [3.63, 3.8) is 0 Å². The molecule has 0 radical (unpaired) electrons. The first-order valence-corrected chi connectivity index (χ1v) is 10.4. The predicted octanol–water partition coefficient (Wildman–Crippen LogP) is 4.37. The number of halogens is 3. The van der Waals surface area contributed by atoms with E-state index in [2.05, 4.69) is 24.9 Å². The predicted molar refractivity (Wildman–Crippen MR) is 114 cm³/mol. The van der Waals surface area contributed by atoms with Crippen molar-refractivity contribution in [2.24, 2.45) is 5.92 Å². The number of benzene rings is 2. The number of carbonyl (C=O) groups is 1. The molecule has 1 aliphatic heterocycles. The number of carbonyl (C=O) groups excluding carboxylic acids is 1. The summed E-state index contributed by atoms with van der Waals surface area (Å²) in [6.45, 7) is 3.18. The minimum Gasteiger partial charge on any atom is -0.405 e. The van der Waals surface area contributed by atoms with Gasteiger partial charge < -0.3 is 15.0 Å². The van der Waals surface area contributed by atoms with Crippen LogP contribution in [-0.4, -0.2) is 35.3 Å². The van der Waals surface area contributed by atoms with Crippen molar-refractivity contribution in [3.05, 3.63) is 59.8 Å². The van der Waals surface area contributed by atoms with Crippen LogP contribution in [0.3, 0.4) is 0 Å². The zero-order chi connectivity index (χ0) is 22.7. The Kier molecular flexibility index (Phi) is 6.16. The molecule has 4 rings (SSSR count). The number of rotatable bonds is 5. The number of nitrogens with zero attached hydrogens (tertiary/aromatic N) is 3. The summed E-state index contributed by atoms with van der Waals surface area (Å²) in [7, 11) is 0. The lowest BCUT2D eigenvalue weighted by Crippen LogP contribution is -2.41. The Labute approximate surface area is 183 Å². The van der Waals surface area contributed by atoms with Gasteiger partial charge in [-0.1, -0.05) is 36.4 Å². The van der Waals surface area contributed by atoms with Gasteiger partial charge in [0.2, 0.25) is 11.9 Å². The number of fused-ring (bicyclic) bond motifs is 1. The molecule has 1 amide bonds. The standard InChI is InChI=1S/C23H23F3N4O2/c1-15-18-7-3-4-8-19(18)29-22(28-15)30-12-10-16(11-13-30)21(31)27-14-17-6-2-5-9-20(17)32-23(24,25)26/h2-9,16H,10-14H2,1H3,(H,27,31). The molecule has 2 heterocycles. The smallest absolute Gasteiger partial charge is 0.405 e. The molecule has 1 fully saturated rings. The molecule has 0 unspecified atom stereocenters. The molecule has 1 N–H and O–H groups in total. The van der Waals surface area contributed by atoms with E-state index in [-0.39, 0.29) is 29.7 Å². The van der Waals surface area contributed by atoms with Gasteiger partial charge in [0.05, 0.1) is 11.2 Å². The van der Waals surface area contributed by atoms with Crippen molar-refractivity contribution in [1.82, 2.24) is 15.3 Å². The average Bonchev–Trinajstić information content (AvgIpc) is 2.77. The largest absolute Gasteiger partial charge is 0.573 e. The lowest BCUT2D eigenvalue weighted by atomic mass is 9.96. The molecule has 0 bridgehead atoms. The summed E-state index contributed by atoms with van der Waals surface area (Å²) in [5, 5.41) is 3.76. The number of hydrogen-bond acceptors (Lipinski definition) is 5. The first kappa shape index (κ1) is 21.9. The highest BCUT2D eigenvalue weighted by atomic mass is 19.4. The second-order valence-corrected chi connectivity index (χ2v) is 7.76. The van der Waals surface area contributed by atoms with E-state index < -0.39 is 6.36 Å². The molecule has 6 nitrogen and oxygen atoms in total. The third-order valence-corrected chi connectivity index (χ3v) is 5.58. The zero-order valence-electron chi connectivity index (χ0n) is 17.5. The van der Waals surface area contributed by atoms with Crippen LogP contribution < -0.4 is 15.0 Å². The van der Waals surface area contributed by atoms with Gasteiger partial charge in [-0.3, -0.25) is 4.79 Å². The van der Waals surface area contributed by atoms with Crippen LogP contribution in [0.15, 0.2) is 48.5 Å². The van der Waals surface area contributed by atoms with E-state index in [9.17, 15) is 18.0 Å². The molecule has 0 aliphatic carbocycles. The van der Waals surface area contributed by atoms with Gasteiger partial charge in [-0.25, -0.2) is 9.97 Å². The Bertz CT molecular complexity index is 1110. The first-order valence-electron chi connectivity index (χ1n) is 10.4. The van der Waals surface area contributed by atoms with Crippen LogP contribution in [0.25, 0.3) is 10.9 Å². The Morgan fingerprint density at radius 3 is 2.53 bits per heavy atom. The van der Waals surface area contributed by atoms with Crippen LogP contribution in [0.2, 0.25) is 0 Å². The fourth-order valence-corrected chi connectivity index (χ4v) is 3.90. The monoisotopic (exact) mass is 444 g/mol. The molecule has 0 atom stereocenters. The molecule has 168 valence electrons. The number of aromatic nitrogens is 2. The highest BCUT2D eigenvalue weighted by molar-refractivity contribution is 5.82. The highest BCUT2D eigenvalue weighted by Gasteiger charge is 2.32. The number of alkyl halides is 3. The zero-order valence-corrected chi connectivity index (χ0v) is 17.5. The molecular formula is C23H23F3N4O2. The quantitative estimate of drug-likeness (QED) is 0.633. The van der Waals surface area contributed by atoms with Crippen LogP contribution in [0, 0.1) is 12.8 Å². The first-order chi connectivity index (χ1) is 15.3. The lowest BCUT2D eigenvalue weighted by molar-refractivity contribution is -0.274. The van der Waals surface area contributed by atoms with Crippen LogP contribution in [0.4, 0.5) is 19.1 Å². The van der Waals surface area contributed by atoms with Gasteiger partial charge in [0.25, 0.3) is 0 Å². The molecule has 9 heteroatoms. The summed E-state index contributed by atoms with van der Waals surface area (Å²) in [6, 6.07) is 13.6. The summed E-state index contributed by atoms with van der Waals surface area (Å²) in [5.41, 5.74) is 2.07. The Morgan fingerprint density at radius 2 is 1.78 bits per heavy atom. The van der Waals surface area contributed by atoms with Crippen LogP contribution in [-0.2, 0) is 11.3 Å². The van der Waals surface area contributed by atoms with Crippen molar-refractivity contribution in [2.45, 2.75) is 32.7 Å². The topological polar surface area (TPSA) is 67.4 Å². The molecule has 32 heavy (non-hydrogen) atoms. The number of piperidine rings is 1. The number of ether oxygens (including phenoxy) is 1. The summed E-state index contributed by atoms with van der Waals surface area (Å²) < 4.78 is 41.8. The highest BCUT2D eigenvalue weighted by Crippen LogP contribution is 2.27. The van der Waals surface area contributed by atoms with E-state index in [0.29, 0.717) is 31.9 Å². The van der Waals surface area contributed by atoms with Gasteiger partial charge in [0, 0.05) is 36.5 Å². The number of amides is 1. The fourth-order valence-electron chi connectivity index (χ4n) is 3.90. The normalized spacial score (nSPS) is 15.1. The Balaban J connectivity index is 1.35. The second-order valence-electron chi connectivity index (χ2n) is 7.76. The summed E-state index contributed by atoms with van der Waals surface area (Å²) >= 11 is 0. The second kappa shape index (κ2) is 9.02. The van der Waals surface area contributed by atoms with Crippen molar-refractivity contribution in [2.75, 3.05) is 18.0 Å². The maximum Gasteiger partial charge on any atom is 0.573 e. The maximum absolute atomic E-state index is 12.6. The lowest BCUT2D eigenvalue weighted by Gasteiger charge is -2.31. The van der Waals surface area contributed by atoms with Crippen LogP contribution >= 0.6 is 0 Å². The molecule has 3 aromatic rings. The summed E-state index contributed by atoms with van der Waals surface area (Å²) in [4.78, 5) is 24.0. The van der Waals surface area contributed by atoms with Crippen molar-refractivity contribution in [3.8, 4) is 5.75 Å². The Hall–Kier alpha value is -3.36. The third-order valence-electron chi connectivity index (χ3n) is 5.58. The molecule has 1 saturated heterocycles. The van der Waals surface area contributed by atoms with Crippen molar-refractivity contribution in [1.29, 1.82) is 0 Å². The summed E-state index contributed by atoms with van der Waals surface area (Å²) in [6.07, 6.45) is -3.56. The number of anilines is 1. The number of aryl methyl sites for hydroxylation is 1. The van der Waals surface area contributed by atoms with Gasteiger partial charge >= 0.3 is 6.36 Å². The average molecular weight is 444 g/mol. The third kappa shape index (κ3) is 5.09. The van der Waals surface area contributed by atoms with E-state index in [1.54, 1.807) is 6.07 Å². The van der Waals surface area contributed by atoms with Gasteiger partial charge in [-0.15, -0.1) is 13.2 Å². The van der Waals surface area contributed by atoms with Crippen molar-refractivity contribution >= 4 is 22.8 Å². The van der Waals surface area contributed by atoms with E-state index in [4.69, 9.17) is 0 Å². The fraction of sp³-hybridized carbons (Fsp3) is 0.348. The van der Waals surface area contributed by atoms with E-state index in [1.807, 2.05) is 31.2 Å². The molecule has 0 saturated carbocycles. The van der Waals surface area contributed by atoms with E-state index >= 15 is 0 Å². The molecule has 2 aromatic carbocycles. The van der Waals surface area contributed by atoms with E-state index in [1.165, 1.54) is 18.2 Å². The maximum atomic E-state index is 12.6.